The van der Waals surface area contributed by atoms with Crippen LogP contribution in [0.5, 0.6) is 5.75 Å². The van der Waals surface area contributed by atoms with Gasteiger partial charge in [0, 0.05) is 23.6 Å². The van der Waals surface area contributed by atoms with Crippen LogP contribution in [0.3, 0.4) is 0 Å². The Kier molecular flexibility index (Phi) is 7.28. The number of ether oxygens (including phenoxy) is 1. The summed E-state index contributed by atoms with van der Waals surface area (Å²) in [5.41, 5.74) is 0.179. The van der Waals surface area contributed by atoms with Gasteiger partial charge in [-0.3, -0.25) is 0 Å². The monoisotopic (exact) mass is 333 g/mol. The van der Waals surface area contributed by atoms with Gasteiger partial charge in [-0.25, -0.2) is 0 Å². The fourth-order valence-corrected chi connectivity index (χ4v) is 2.40. The fraction of sp³-hybridized carbons (Fsp3) is 0.625. The van der Waals surface area contributed by atoms with E-state index in [-0.39, 0.29) is 0 Å². The summed E-state index contributed by atoms with van der Waals surface area (Å²) >= 11 is 12.3. The average molecular weight is 334 g/mol. The molecule has 0 amide bonds. The van der Waals surface area contributed by atoms with Gasteiger partial charge >= 0.3 is 0 Å². The van der Waals surface area contributed by atoms with Gasteiger partial charge in [-0.05, 0) is 38.4 Å². The first-order chi connectivity index (χ1) is 9.69. The minimum Gasteiger partial charge on any atom is -0.492 e. The number of hydrogen-bond donors (Lipinski definition) is 2. The lowest BCUT2D eigenvalue weighted by molar-refractivity contribution is 0.0552. The Hall–Kier alpha value is -0.480. The van der Waals surface area contributed by atoms with Gasteiger partial charge in [-0.1, -0.05) is 37.0 Å². The number of nitrogens with one attached hydrogen (secondary N) is 1. The zero-order valence-corrected chi connectivity index (χ0v) is 14.7. The minimum absolute atomic E-state index is 0.405. The molecule has 0 heterocycles. The smallest absolute Gasteiger partial charge is 0.142 e. The molecule has 1 aromatic carbocycles. The second-order valence-electron chi connectivity index (χ2n) is 6.31. The van der Waals surface area contributed by atoms with E-state index in [1.54, 1.807) is 19.9 Å². The van der Waals surface area contributed by atoms with Crippen LogP contribution in [0.2, 0.25) is 10.0 Å². The van der Waals surface area contributed by atoms with Crippen molar-refractivity contribution in [3.8, 4) is 5.75 Å². The normalized spacial score (nSPS) is 12.0. The van der Waals surface area contributed by atoms with Gasteiger partial charge in [0.1, 0.15) is 5.75 Å². The Morgan fingerprint density at radius 1 is 1.29 bits per heavy atom. The summed E-state index contributed by atoms with van der Waals surface area (Å²) < 4.78 is 5.77. The minimum atomic E-state index is -0.755. The molecule has 0 fully saturated rings. The predicted octanol–water partition coefficient (Wildman–Crippen LogP) is 4.28. The summed E-state index contributed by atoms with van der Waals surface area (Å²) in [5, 5.41) is 14.2. The van der Waals surface area contributed by atoms with Crippen molar-refractivity contribution in [3.05, 3.63) is 27.7 Å². The van der Waals surface area contributed by atoms with Crippen LogP contribution in [0.4, 0.5) is 0 Å². The van der Waals surface area contributed by atoms with Crippen LogP contribution in [-0.4, -0.2) is 23.9 Å². The number of aliphatic hydroxyl groups is 1. The third kappa shape index (κ3) is 7.37. The van der Waals surface area contributed by atoms with Crippen LogP contribution < -0.4 is 10.1 Å². The van der Waals surface area contributed by atoms with Crippen molar-refractivity contribution in [2.75, 3.05) is 13.2 Å². The molecule has 0 aliphatic rings. The Morgan fingerprint density at radius 3 is 2.52 bits per heavy atom. The van der Waals surface area contributed by atoms with E-state index in [1.165, 1.54) is 0 Å². The van der Waals surface area contributed by atoms with Crippen LogP contribution in [0.25, 0.3) is 0 Å². The van der Waals surface area contributed by atoms with Crippen LogP contribution in [0.15, 0.2) is 12.1 Å². The summed E-state index contributed by atoms with van der Waals surface area (Å²) in [4.78, 5) is 0. The van der Waals surface area contributed by atoms with E-state index in [2.05, 4.69) is 19.2 Å². The summed E-state index contributed by atoms with van der Waals surface area (Å²) in [6.07, 6.45) is 0.533. The molecule has 1 rings (SSSR count). The van der Waals surface area contributed by atoms with Crippen molar-refractivity contribution in [1.29, 1.82) is 0 Å². The van der Waals surface area contributed by atoms with E-state index in [4.69, 9.17) is 27.9 Å². The molecule has 0 saturated heterocycles. The van der Waals surface area contributed by atoms with Gasteiger partial charge in [0.05, 0.1) is 17.2 Å². The second-order valence-corrected chi connectivity index (χ2v) is 7.16. The summed E-state index contributed by atoms with van der Waals surface area (Å²) in [5.74, 6) is 1.21. The molecule has 0 saturated carbocycles. The maximum Gasteiger partial charge on any atom is 0.142 e. The second kappa shape index (κ2) is 8.23. The lowest BCUT2D eigenvalue weighted by Crippen LogP contribution is -2.23. The van der Waals surface area contributed by atoms with Gasteiger partial charge in [0.2, 0.25) is 0 Å². The molecule has 3 nitrogen and oxygen atoms in total. The molecule has 2 N–H and O–H groups in total. The molecule has 0 aliphatic carbocycles. The molecule has 0 unspecified atom stereocenters. The molecular weight excluding hydrogens is 309 g/mol. The number of benzene rings is 1. The third-order valence-corrected chi connectivity index (χ3v) is 3.41. The summed E-state index contributed by atoms with van der Waals surface area (Å²) in [6, 6.07) is 3.54. The third-order valence-electron chi connectivity index (χ3n) is 2.91. The first-order valence-corrected chi connectivity index (χ1v) is 7.98. The number of hydrogen-bond acceptors (Lipinski definition) is 3. The average Bonchev–Trinajstić information content (AvgIpc) is 2.30. The summed E-state index contributed by atoms with van der Waals surface area (Å²) in [7, 11) is 0. The first-order valence-electron chi connectivity index (χ1n) is 7.23. The molecule has 0 aliphatic heterocycles. The molecule has 21 heavy (non-hydrogen) atoms. The predicted molar refractivity (Wildman–Crippen MR) is 89.4 cm³/mol. The maximum absolute atomic E-state index is 9.73. The first kappa shape index (κ1) is 18.6. The molecule has 0 spiro atoms. The lowest BCUT2D eigenvalue weighted by Gasteiger charge is -2.19. The highest BCUT2D eigenvalue weighted by Crippen LogP contribution is 2.32. The van der Waals surface area contributed by atoms with Gasteiger partial charge in [-0.15, -0.1) is 0 Å². The van der Waals surface area contributed by atoms with Crippen molar-refractivity contribution in [2.45, 2.75) is 46.3 Å². The van der Waals surface area contributed by atoms with E-state index in [1.807, 2.05) is 6.07 Å². The Morgan fingerprint density at radius 2 is 1.95 bits per heavy atom. The Bertz CT molecular complexity index is 456. The van der Waals surface area contributed by atoms with Gasteiger partial charge < -0.3 is 15.2 Å². The lowest BCUT2D eigenvalue weighted by atomic mass is 10.1. The van der Waals surface area contributed by atoms with Crippen molar-refractivity contribution in [1.82, 2.24) is 5.32 Å². The van der Waals surface area contributed by atoms with E-state index in [0.717, 1.165) is 12.1 Å². The zero-order chi connectivity index (χ0) is 16.0. The molecule has 5 heteroatoms. The maximum atomic E-state index is 9.73. The van der Waals surface area contributed by atoms with Crippen molar-refractivity contribution in [2.24, 2.45) is 5.92 Å². The molecule has 0 aromatic heterocycles. The number of halogens is 2. The zero-order valence-electron chi connectivity index (χ0n) is 13.2. The van der Waals surface area contributed by atoms with Crippen LogP contribution in [0.1, 0.15) is 39.7 Å². The van der Waals surface area contributed by atoms with Crippen molar-refractivity contribution in [3.63, 3.8) is 0 Å². The Labute approximate surface area is 137 Å². The van der Waals surface area contributed by atoms with E-state index in [9.17, 15) is 5.11 Å². The van der Waals surface area contributed by atoms with Gasteiger partial charge in [0.25, 0.3) is 0 Å². The van der Waals surface area contributed by atoms with Gasteiger partial charge in [0.15, 0.2) is 0 Å². The SMILES string of the molecule is CC(C)CNCc1cc(Cl)cc(Cl)c1OCCC(C)(C)O. The highest BCUT2D eigenvalue weighted by atomic mass is 35.5. The molecule has 0 bridgehead atoms. The standard InChI is InChI=1S/C16H25Cl2NO2/c1-11(2)9-19-10-12-7-13(17)8-14(18)15(12)21-6-5-16(3,4)20/h7-8,11,19-20H,5-6,9-10H2,1-4H3. The number of rotatable bonds is 8. The largest absolute Gasteiger partial charge is 0.492 e. The summed E-state index contributed by atoms with van der Waals surface area (Å²) in [6.45, 7) is 9.78. The fourth-order valence-electron chi connectivity index (χ4n) is 1.80. The Balaban J connectivity index is 2.75. The van der Waals surface area contributed by atoms with E-state index < -0.39 is 5.60 Å². The molecule has 1 aromatic rings. The molecule has 0 radical (unpaired) electrons. The topological polar surface area (TPSA) is 41.5 Å². The van der Waals surface area contributed by atoms with Gasteiger partial charge in [-0.2, -0.15) is 0 Å². The van der Waals surface area contributed by atoms with Crippen LogP contribution in [-0.2, 0) is 6.54 Å². The molecular formula is C16H25Cl2NO2. The van der Waals surface area contributed by atoms with E-state index >= 15 is 0 Å². The highest BCUT2D eigenvalue weighted by Gasteiger charge is 2.15. The molecule has 0 atom stereocenters. The molecule has 120 valence electrons. The van der Waals surface area contributed by atoms with E-state index in [0.29, 0.717) is 41.3 Å². The van der Waals surface area contributed by atoms with Crippen molar-refractivity contribution >= 4 is 23.2 Å². The van der Waals surface area contributed by atoms with Crippen LogP contribution >= 0.6 is 23.2 Å². The quantitative estimate of drug-likeness (QED) is 0.746. The van der Waals surface area contributed by atoms with Crippen LogP contribution in [0, 0.1) is 5.92 Å². The highest BCUT2D eigenvalue weighted by molar-refractivity contribution is 6.35. The van der Waals surface area contributed by atoms with Crippen molar-refractivity contribution < 1.29 is 9.84 Å².